The summed E-state index contributed by atoms with van der Waals surface area (Å²) in [6, 6.07) is -0.789. The van der Waals surface area contributed by atoms with Crippen molar-refractivity contribution >= 4 is 11.9 Å². The molecule has 0 unspecified atom stereocenters. The molecule has 14 heavy (non-hydrogen) atoms. The van der Waals surface area contributed by atoms with E-state index in [1.165, 1.54) is 0 Å². The van der Waals surface area contributed by atoms with Gasteiger partial charge in [-0.15, -0.1) is 0 Å². The van der Waals surface area contributed by atoms with Crippen LogP contribution in [-0.4, -0.2) is 36.5 Å². The van der Waals surface area contributed by atoms with Gasteiger partial charge in [0.1, 0.15) is 0 Å². The molecule has 0 rings (SSSR count). The lowest BCUT2D eigenvalue weighted by Gasteiger charge is -2.19. The molecule has 3 amide bonds. The van der Waals surface area contributed by atoms with Crippen LogP contribution in [-0.2, 0) is 4.79 Å². The van der Waals surface area contributed by atoms with Crippen LogP contribution in [0, 0.1) is 0 Å². The molecule has 0 bridgehead atoms. The van der Waals surface area contributed by atoms with Crippen molar-refractivity contribution in [1.29, 1.82) is 0 Å². The summed E-state index contributed by atoms with van der Waals surface area (Å²) in [5, 5.41) is 2.05. The largest absolute Gasteiger partial charge is 0.351 e. The number of imide groups is 1. The van der Waals surface area contributed by atoms with E-state index in [0.717, 1.165) is 25.9 Å². The highest BCUT2D eigenvalue weighted by atomic mass is 16.2. The Labute approximate surface area is 84.6 Å². The van der Waals surface area contributed by atoms with Crippen LogP contribution in [0.1, 0.15) is 26.7 Å². The molecule has 0 saturated carbocycles. The number of urea groups is 1. The van der Waals surface area contributed by atoms with Crippen molar-refractivity contribution in [2.24, 2.45) is 5.73 Å². The van der Waals surface area contributed by atoms with Crippen LogP contribution < -0.4 is 11.1 Å². The van der Waals surface area contributed by atoms with Gasteiger partial charge >= 0.3 is 6.03 Å². The number of primary amides is 1. The van der Waals surface area contributed by atoms with Crippen LogP contribution in [0.2, 0.25) is 0 Å². The van der Waals surface area contributed by atoms with Crippen LogP contribution in [0.15, 0.2) is 0 Å². The topological polar surface area (TPSA) is 75.4 Å². The minimum atomic E-state index is -0.789. The van der Waals surface area contributed by atoms with E-state index in [1.54, 1.807) is 0 Å². The van der Waals surface area contributed by atoms with Crippen molar-refractivity contribution in [2.45, 2.75) is 26.7 Å². The molecule has 5 nitrogen and oxygen atoms in total. The van der Waals surface area contributed by atoms with Crippen molar-refractivity contribution in [3.63, 3.8) is 0 Å². The second-order valence-corrected chi connectivity index (χ2v) is 3.19. The standard InChI is InChI=1S/C9H19N3O2/c1-3-5-12(6-4-2)7-8(13)11-9(10)14/h3-7H2,1-2H3,(H3,10,11,13,14). The number of carbonyl (C=O) groups excluding carboxylic acids is 2. The van der Waals surface area contributed by atoms with Crippen LogP contribution in [0.4, 0.5) is 4.79 Å². The molecule has 3 N–H and O–H groups in total. The molecule has 0 atom stereocenters. The molecule has 5 heteroatoms. The second-order valence-electron chi connectivity index (χ2n) is 3.19. The molecule has 0 aromatic carbocycles. The first-order chi connectivity index (χ1) is 6.60. The molecule has 82 valence electrons. The average molecular weight is 201 g/mol. The summed E-state index contributed by atoms with van der Waals surface area (Å²) in [7, 11) is 0. The van der Waals surface area contributed by atoms with Gasteiger partial charge in [-0.3, -0.25) is 15.0 Å². The number of rotatable bonds is 6. The summed E-state index contributed by atoms with van der Waals surface area (Å²) in [5.74, 6) is -0.334. The highest BCUT2D eigenvalue weighted by Crippen LogP contribution is 1.93. The van der Waals surface area contributed by atoms with E-state index in [9.17, 15) is 9.59 Å². The molecule has 0 saturated heterocycles. The number of nitrogens with zero attached hydrogens (tertiary/aromatic N) is 1. The number of nitrogens with two attached hydrogens (primary N) is 1. The molecule has 0 heterocycles. The first kappa shape index (κ1) is 12.9. The Balaban J connectivity index is 3.88. The maximum atomic E-state index is 11.2. The van der Waals surface area contributed by atoms with Crippen molar-refractivity contribution in [2.75, 3.05) is 19.6 Å². The quantitative estimate of drug-likeness (QED) is 0.649. The maximum absolute atomic E-state index is 11.2. The van der Waals surface area contributed by atoms with E-state index in [-0.39, 0.29) is 12.5 Å². The second kappa shape index (κ2) is 7.32. The van der Waals surface area contributed by atoms with Crippen molar-refractivity contribution in [3.05, 3.63) is 0 Å². The van der Waals surface area contributed by atoms with Crippen LogP contribution >= 0.6 is 0 Å². The van der Waals surface area contributed by atoms with Gasteiger partial charge in [0.2, 0.25) is 5.91 Å². The average Bonchev–Trinajstić information content (AvgIpc) is 2.03. The van der Waals surface area contributed by atoms with E-state index in [0.29, 0.717) is 0 Å². The van der Waals surface area contributed by atoms with E-state index in [1.807, 2.05) is 10.2 Å². The van der Waals surface area contributed by atoms with Gasteiger partial charge in [-0.1, -0.05) is 13.8 Å². The lowest BCUT2D eigenvalue weighted by molar-refractivity contribution is -0.121. The molecule has 0 spiro atoms. The summed E-state index contributed by atoms with van der Waals surface area (Å²) in [6.07, 6.45) is 1.98. The van der Waals surface area contributed by atoms with Gasteiger partial charge in [0.05, 0.1) is 6.54 Å². The van der Waals surface area contributed by atoms with Crippen molar-refractivity contribution in [1.82, 2.24) is 10.2 Å². The molecule has 0 aromatic heterocycles. The van der Waals surface area contributed by atoms with Gasteiger partial charge in [-0.2, -0.15) is 0 Å². The zero-order chi connectivity index (χ0) is 11.0. The molecule has 0 aliphatic carbocycles. The van der Waals surface area contributed by atoms with Crippen molar-refractivity contribution < 1.29 is 9.59 Å². The summed E-state index contributed by atoms with van der Waals surface area (Å²) in [5.41, 5.74) is 4.83. The summed E-state index contributed by atoms with van der Waals surface area (Å²) in [6.45, 7) is 6.06. The van der Waals surface area contributed by atoms with E-state index in [4.69, 9.17) is 5.73 Å². The molecular formula is C9H19N3O2. The monoisotopic (exact) mass is 201 g/mol. The van der Waals surface area contributed by atoms with Crippen LogP contribution in [0.5, 0.6) is 0 Å². The summed E-state index contributed by atoms with van der Waals surface area (Å²) in [4.78, 5) is 23.5. The fourth-order valence-electron chi connectivity index (χ4n) is 1.28. The smallest absolute Gasteiger partial charge is 0.318 e. The highest BCUT2D eigenvalue weighted by Gasteiger charge is 2.09. The number of carbonyl (C=O) groups is 2. The van der Waals surface area contributed by atoms with Crippen LogP contribution in [0.25, 0.3) is 0 Å². The third kappa shape index (κ3) is 6.42. The zero-order valence-electron chi connectivity index (χ0n) is 8.88. The van der Waals surface area contributed by atoms with Gasteiger partial charge in [0.15, 0.2) is 0 Å². The summed E-state index contributed by atoms with van der Waals surface area (Å²) >= 11 is 0. The Morgan fingerprint density at radius 2 is 1.71 bits per heavy atom. The molecular weight excluding hydrogens is 182 g/mol. The lowest BCUT2D eigenvalue weighted by atomic mass is 10.3. The first-order valence-electron chi connectivity index (χ1n) is 4.91. The Morgan fingerprint density at radius 1 is 1.21 bits per heavy atom. The zero-order valence-corrected chi connectivity index (χ0v) is 8.88. The SMILES string of the molecule is CCCN(CCC)CC(=O)NC(N)=O. The minimum absolute atomic E-state index is 0.241. The molecule has 0 fully saturated rings. The van der Waals surface area contributed by atoms with Gasteiger partial charge in [0, 0.05) is 0 Å². The van der Waals surface area contributed by atoms with Gasteiger partial charge in [0.25, 0.3) is 0 Å². The maximum Gasteiger partial charge on any atom is 0.318 e. The fourth-order valence-corrected chi connectivity index (χ4v) is 1.28. The van der Waals surface area contributed by atoms with E-state index in [2.05, 4.69) is 13.8 Å². The summed E-state index contributed by atoms with van der Waals surface area (Å²) < 4.78 is 0. The fraction of sp³-hybridized carbons (Fsp3) is 0.778. The van der Waals surface area contributed by atoms with Gasteiger partial charge in [-0.05, 0) is 25.9 Å². The Bertz CT molecular complexity index is 188. The number of hydrogen-bond donors (Lipinski definition) is 2. The predicted molar refractivity (Wildman–Crippen MR) is 54.7 cm³/mol. The number of amides is 3. The minimum Gasteiger partial charge on any atom is -0.351 e. The number of nitrogens with one attached hydrogen (secondary N) is 1. The highest BCUT2D eigenvalue weighted by molar-refractivity contribution is 5.94. The third-order valence-corrected chi connectivity index (χ3v) is 1.71. The van der Waals surface area contributed by atoms with Gasteiger partial charge < -0.3 is 5.73 Å². The predicted octanol–water partition coefficient (Wildman–Crippen LogP) is 0.303. The van der Waals surface area contributed by atoms with Gasteiger partial charge in [-0.25, -0.2) is 4.79 Å². The van der Waals surface area contributed by atoms with Crippen LogP contribution in [0.3, 0.4) is 0 Å². The molecule has 0 aromatic rings. The van der Waals surface area contributed by atoms with Crippen molar-refractivity contribution in [3.8, 4) is 0 Å². The lowest BCUT2D eigenvalue weighted by Crippen LogP contribution is -2.42. The van der Waals surface area contributed by atoms with E-state index >= 15 is 0 Å². The van der Waals surface area contributed by atoms with E-state index < -0.39 is 6.03 Å². The Kier molecular flexibility index (Phi) is 6.74. The normalized spacial score (nSPS) is 10.2. The molecule has 0 aliphatic heterocycles. The third-order valence-electron chi connectivity index (χ3n) is 1.71. The Hall–Kier alpha value is -1.10. The molecule has 0 aliphatic rings. The first-order valence-corrected chi connectivity index (χ1v) is 4.91. The number of hydrogen-bond acceptors (Lipinski definition) is 3. The molecule has 0 radical (unpaired) electrons. The Morgan fingerprint density at radius 3 is 2.07 bits per heavy atom.